The Morgan fingerprint density at radius 1 is 0.566 bits per heavy atom. The van der Waals surface area contributed by atoms with Crippen LogP contribution in [-0.4, -0.2) is 49.3 Å². The molecule has 2 unspecified atom stereocenters. The molecule has 10 heteroatoms. The first-order chi connectivity index (χ1) is 25.8. The summed E-state index contributed by atoms with van der Waals surface area (Å²) in [5, 5.41) is 0. The lowest BCUT2D eigenvalue weighted by atomic mass is 10.0. The lowest BCUT2D eigenvalue weighted by Gasteiger charge is -2.19. The molecule has 0 aromatic rings. The summed E-state index contributed by atoms with van der Waals surface area (Å²) in [5.74, 6) is -0.892. The molecule has 0 aromatic heterocycles. The van der Waals surface area contributed by atoms with Gasteiger partial charge in [-0.25, -0.2) is 4.57 Å². The van der Waals surface area contributed by atoms with Crippen molar-refractivity contribution >= 4 is 19.8 Å². The molecule has 53 heavy (non-hydrogen) atoms. The summed E-state index contributed by atoms with van der Waals surface area (Å²) >= 11 is 0. The number of hydrogen-bond donors (Lipinski definition) is 2. The molecule has 0 saturated heterocycles. The minimum absolute atomic E-state index is 0.0459. The van der Waals surface area contributed by atoms with Crippen LogP contribution in [0, 0.1) is 0 Å². The molecule has 0 spiro atoms. The van der Waals surface area contributed by atoms with Gasteiger partial charge >= 0.3 is 19.8 Å². The quantitative estimate of drug-likeness (QED) is 0.0271. The van der Waals surface area contributed by atoms with Crippen molar-refractivity contribution in [2.75, 3.05) is 26.4 Å². The van der Waals surface area contributed by atoms with Gasteiger partial charge in [0.2, 0.25) is 0 Å². The van der Waals surface area contributed by atoms with E-state index in [1.54, 1.807) is 0 Å². The van der Waals surface area contributed by atoms with E-state index >= 15 is 0 Å². The van der Waals surface area contributed by atoms with Gasteiger partial charge in [-0.2, -0.15) is 0 Å². The Labute approximate surface area is 324 Å². The highest BCUT2D eigenvalue weighted by atomic mass is 31.2. The molecular weight excluding hydrogens is 689 g/mol. The Morgan fingerprint density at radius 3 is 1.51 bits per heavy atom. The predicted molar refractivity (Wildman–Crippen MR) is 220 cm³/mol. The molecule has 2 atom stereocenters. The van der Waals surface area contributed by atoms with Crippen molar-refractivity contribution in [3.05, 3.63) is 48.6 Å². The molecule has 0 aliphatic rings. The van der Waals surface area contributed by atoms with Gasteiger partial charge < -0.3 is 20.1 Å². The molecule has 0 bridgehead atoms. The lowest BCUT2D eigenvalue weighted by molar-refractivity contribution is -0.161. The zero-order valence-electron chi connectivity index (χ0n) is 33.7. The second kappa shape index (κ2) is 39.7. The molecule has 0 aliphatic carbocycles. The SMILES string of the molecule is CCCCC/C=C/C/C=C/C/C=C/C/C=C/CCCC(=O)OCC(COP(=O)(O)OCCN)OC(=O)CCCCCCCCCCCCCCCCC. The zero-order chi connectivity index (χ0) is 38.9. The van der Waals surface area contributed by atoms with Crippen molar-refractivity contribution in [3.8, 4) is 0 Å². The second-order valence-electron chi connectivity index (χ2n) is 13.9. The summed E-state index contributed by atoms with van der Waals surface area (Å²) in [6.45, 7) is 3.64. The first kappa shape index (κ1) is 51.0. The molecule has 0 aliphatic heterocycles. The van der Waals surface area contributed by atoms with E-state index < -0.39 is 32.5 Å². The highest BCUT2D eigenvalue weighted by Gasteiger charge is 2.25. The van der Waals surface area contributed by atoms with Crippen LogP contribution in [0.3, 0.4) is 0 Å². The van der Waals surface area contributed by atoms with Crippen molar-refractivity contribution < 1.29 is 37.6 Å². The van der Waals surface area contributed by atoms with Gasteiger partial charge in [-0.15, -0.1) is 0 Å². The fourth-order valence-corrected chi connectivity index (χ4v) is 6.33. The van der Waals surface area contributed by atoms with Crippen LogP contribution in [0.25, 0.3) is 0 Å². The number of carbonyl (C=O) groups excluding carboxylic acids is 2. The van der Waals surface area contributed by atoms with Gasteiger partial charge in [0.25, 0.3) is 0 Å². The van der Waals surface area contributed by atoms with Crippen molar-refractivity contribution in [2.24, 2.45) is 5.73 Å². The van der Waals surface area contributed by atoms with Gasteiger partial charge in [0.1, 0.15) is 6.61 Å². The third kappa shape index (κ3) is 39.5. The van der Waals surface area contributed by atoms with E-state index in [1.807, 2.05) is 6.08 Å². The summed E-state index contributed by atoms with van der Waals surface area (Å²) < 4.78 is 32.7. The number of unbranched alkanes of at least 4 members (excludes halogenated alkanes) is 18. The van der Waals surface area contributed by atoms with Crippen molar-refractivity contribution in [2.45, 2.75) is 187 Å². The number of esters is 2. The number of hydrogen-bond acceptors (Lipinski definition) is 8. The molecular formula is C43H78NO8P. The number of allylic oxidation sites excluding steroid dienone is 8. The first-order valence-electron chi connectivity index (χ1n) is 21.1. The molecule has 0 heterocycles. The molecule has 9 nitrogen and oxygen atoms in total. The van der Waals surface area contributed by atoms with E-state index in [-0.39, 0.29) is 32.6 Å². The van der Waals surface area contributed by atoms with Gasteiger partial charge in [-0.1, -0.05) is 165 Å². The summed E-state index contributed by atoms with van der Waals surface area (Å²) in [5.41, 5.74) is 5.34. The third-order valence-corrected chi connectivity index (χ3v) is 9.70. The minimum Gasteiger partial charge on any atom is -0.462 e. The fourth-order valence-electron chi connectivity index (χ4n) is 5.57. The highest BCUT2D eigenvalue weighted by molar-refractivity contribution is 7.47. The van der Waals surface area contributed by atoms with Gasteiger partial charge in [-0.3, -0.25) is 18.6 Å². The standard InChI is InChI=1S/C43H78NO8P/c1-3-5-7-9-11-13-15-17-19-20-22-23-25-27-29-31-33-35-42(45)49-39-41(40-51-53(47,48)50-38-37-44)52-43(46)36-34-32-30-28-26-24-21-18-16-14-12-10-8-6-4-2/h11,13,17,19,22-23,27,29,41H,3-10,12,14-16,18,20-21,24-26,28,30-40,44H2,1-2H3,(H,47,48)/b13-11+,19-17+,23-22+,29-27+. The minimum atomic E-state index is -4.39. The van der Waals surface area contributed by atoms with Crippen molar-refractivity contribution in [1.82, 2.24) is 0 Å². The smallest absolute Gasteiger partial charge is 0.462 e. The molecule has 3 N–H and O–H groups in total. The third-order valence-electron chi connectivity index (χ3n) is 8.72. The van der Waals surface area contributed by atoms with Gasteiger partial charge in [0.15, 0.2) is 6.10 Å². The van der Waals surface area contributed by atoms with Crippen LogP contribution in [0.15, 0.2) is 48.6 Å². The maximum Gasteiger partial charge on any atom is 0.472 e. The molecule has 0 aromatic carbocycles. The van der Waals surface area contributed by atoms with Crippen LogP contribution in [0.1, 0.15) is 181 Å². The largest absolute Gasteiger partial charge is 0.472 e. The number of phosphoric acid groups is 1. The Hall–Kier alpha value is -2.03. The molecule has 0 fully saturated rings. The van der Waals surface area contributed by atoms with Gasteiger partial charge in [-0.05, 0) is 51.4 Å². The summed E-state index contributed by atoms with van der Waals surface area (Å²) in [6, 6.07) is 0. The second-order valence-corrected chi connectivity index (χ2v) is 15.3. The lowest BCUT2D eigenvalue weighted by Crippen LogP contribution is -2.29. The summed E-state index contributed by atoms with van der Waals surface area (Å²) in [4.78, 5) is 34.8. The Morgan fingerprint density at radius 2 is 1.00 bits per heavy atom. The number of rotatable bonds is 39. The average Bonchev–Trinajstić information content (AvgIpc) is 3.14. The van der Waals surface area contributed by atoms with Crippen molar-refractivity contribution in [1.29, 1.82) is 0 Å². The number of ether oxygens (including phenoxy) is 2. The Balaban J connectivity index is 4.26. The van der Waals surface area contributed by atoms with Gasteiger partial charge in [0, 0.05) is 19.4 Å². The monoisotopic (exact) mass is 768 g/mol. The predicted octanol–water partition coefficient (Wildman–Crippen LogP) is 11.9. The average molecular weight is 768 g/mol. The topological polar surface area (TPSA) is 134 Å². The van der Waals surface area contributed by atoms with Crippen LogP contribution >= 0.6 is 7.82 Å². The summed E-state index contributed by atoms with van der Waals surface area (Å²) in [6.07, 6.45) is 44.3. The van der Waals surface area contributed by atoms with E-state index in [0.29, 0.717) is 12.8 Å². The molecule has 308 valence electrons. The number of carbonyl (C=O) groups is 2. The van der Waals surface area contributed by atoms with E-state index in [9.17, 15) is 19.0 Å². The van der Waals surface area contributed by atoms with Crippen molar-refractivity contribution in [3.63, 3.8) is 0 Å². The molecule has 0 radical (unpaired) electrons. The normalized spacial score (nSPS) is 13.8. The Bertz CT molecular complexity index is 1010. The summed E-state index contributed by atoms with van der Waals surface area (Å²) in [7, 11) is -4.39. The maximum atomic E-state index is 12.6. The fraction of sp³-hybridized carbons (Fsp3) is 0.767. The molecule has 0 amide bonds. The van der Waals surface area contributed by atoms with Crippen LogP contribution in [0.4, 0.5) is 0 Å². The number of nitrogens with two attached hydrogens (primary N) is 1. The van der Waals surface area contributed by atoms with Crippen LogP contribution < -0.4 is 5.73 Å². The van der Waals surface area contributed by atoms with Crippen LogP contribution in [0.2, 0.25) is 0 Å². The van der Waals surface area contributed by atoms with E-state index in [1.165, 1.54) is 96.3 Å². The molecule has 0 rings (SSSR count). The van der Waals surface area contributed by atoms with Gasteiger partial charge in [0.05, 0.1) is 13.2 Å². The molecule has 0 saturated carbocycles. The van der Waals surface area contributed by atoms with E-state index in [0.717, 1.165) is 44.9 Å². The van der Waals surface area contributed by atoms with E-state index in [2.05, 4.69) is 56.4 Å². The van der Waals surface area contributed by atoms with Crippen LogP contribution in [0.5, 0.6) is 0 Å². The highest BCUT2D eigenvalue weighted by Crippen LogP contribution is 2.43. The van der Waals surface area contributed by atoms with E-state index in [4.69, 9.17) is 24.3 Å². The maximum absolute atomic E-state index is 12.6. The van der Waals surface area contributed by atoms with Crippen LogP contribution in [-0.2, 0) is 32.7 Å². The Kier molecular flexibility index (Phi) is 38.1. The first-order valence-corrected chi connectivity index (χ1v) is 22.6. The zero-order valence-corrected chi connectivity index (χ0v) is 34.6. The number of phosphoric ester groups is 1.